The van der Waals surface area contributed by atoms with E-state index >= 15 is 0 Å². The maximum atomic E-state index is 12.0. The van der Waals surface area contributed by atoms with Crippen molar-refractivity contribution in [1.82, 2.24) is 0 Å². The molecule has 0 aliphatic carbocycles. The van der Waals surface area contributed by atoms with Crippen molar-refractivity contribution in [3.8, 4) is 0 Å². The number of aryl methyl sites for hydroxylation is 1. The van der Waals surface area contributed by atoms with Crippen LogP contribution in [0.25, 0.3) is 0 Å². The standard InChI is InChI=1S/C21H34O8S.C14H28O6/c1-18-7-9-19(10-8-18)30(23,24)28-17-16-27-15-14-26-13-12-25-11-5-6-20(22)29-21(2,3)4;1-14(2,3)20-13(16)5-4-7-17-9-11-19-12-10-18-8-6-15/h7-10H,5-6,11-17H2,1-4H3;15H,4-12H2,1-3H3. The van der Waals surface area contributed by atoms with Gasteiger partial charge in [0.1, 0.15) is 11.2 Å². The number of hydrogen-bond acceptors (Lipinski definition) is 14. The van der Waals surface area contributed by atoms with E-state index in [0.29, 0.717) is 98.4 Å². The molecule has 0 bridgehead atoms. The summed E-state index contributed by atoms with van der Waals surface area (Å²) in [7, 11) is -3.76. The van der Waals surface area contributed by atoms with Crippen LogP contribution in [0.4, 0.5) is 0 Å². The van der Waals surface area contributed by atoms with Crippen LogP contribution in [0.15, 0.2) is 29.2 Å². The van der Waals surface area contributed by atoms with Gasteiger partial charge in [-0.15, -0.1) is 0 Å². The minimum atomic E-state index is -3.76. The molecular weight excluding hydrogens is 676 g/mol. The van der Waals surface area contributed by atoms with Crippen molar-refractivity contribution >= 4 is 22.1 Å². The predicted molar refractivity (Wildman–Crippen MR) is 186 cm³/mol. The molecular formula is C35H62O14S. The van der Waals surface area contributed by atoms with Gasteiger partial charge < -0.3 is 43.0 Å². The van der Waals surface area contributed by atoms with Gasteiger partial charge in [-0.1, -0.05) is 17.7 Å². The molecule has 292 valence electrons. The number of carbonyl (C=O) groups is 2. The molecule has 1 rings (SSSR count). The summed E-state index contributed by atoms with van der Waals surface area (Å²) in [5.74, 6) is -0.423. The Hall–Kier alpha value is -2.21. The van der Waals surface area contributed by atoms with E-state index in [2.05, 4.69) is 0 Å². The molecule has 1 N–H and O–H groups in total. The Balaban J connectivity index is 0.00000105. The largest absolute Gasteiger partial charge is 0.460 e. The fourth-order valence-electron chi connectivity index (χ4n) is 3.55. The highest BCUT2D eigenvalue weighted by atomic mass is 32.2. The third-order valence-electron chi connectivity index (χ3n) is 5.68. The first-order valence-corrected chi connectivity index (χ1v) is 18.4. The van der Waals surface area contributed by atoms with E-state index in [4.69, 9.17) is 47.2 Å². The van der Waals surface area contributed by atoms with Crippen molar-refractivity contribution in [2.45, 2.75) is 90.2 Å². The van der Waals surface area contributed by atoms with Gasteiger partial charge in [0.05, 0.1) is 84.2 Å². The maximum Gasteiger partial charge on any atom is 0.306 e. The number of hydrogen-bond donors (Lipinski definition) is 1. The first-order valence-electron chi connectivity index (χ1n) is 17.0. The molecule has 50 heavy (non-hydrogen) atoms. The topological polar surface area (TPSA) is 172 Å². The molecule has 0 aliphatic rings. The van der Waals surface area contributed by atoms with Crippen molar-refractivity contribution in [1.29, 1.82) is 0 Å². The van der Waals surface area contributed by atoms with Crippen LogP contribution in [0.2, 0.25) is 0 Å². The summed E-state index contributed by atoms with van der Waals surface area (Å²) in [5, 5.41) is 8.47. The molecule has 1 aromatic carbocycles. The Morgan fingerprint density at radius 3 is 1.26 bits per heavy atom. The summed E-state index contributed by atoms with van der Waals surface area (Å²) in [5.41, 5.74) is 0.0858. The van der Waals surface area contributed by atoms with Crippen molar-refractivity contribution < 1.29 is 65.2 Å². The molecule has 0 radical (unpaired) electrons. The Bertz CT molecular complexity index is 1100. The second-order valence-electron chi connectivity index (χ2n) is 12.9. The van der Waals surface area contributed by atoms with Crippen molar-refractivity contribution in [3.05, 3.63) is 29.8 Å². The summed E-state index contributed by atoms with van der Waals surface area (Å²) in [6, 6.07) is 6.46. The van der Waals surface area contributed by atoms with Gasteiger partial charge in [-0.2, -0.15) is 8.42 Å². The number of carbonyl (C=O) groups excluding carboxylic acids is 2. The molecule has 0 unspecified atom stereocenters. The zero-order valence-electron chi connectivity index (χ0n) is 31.2. The normalized spacial score (nSPS) is 11.9. The quantitative estimate of drug-likeness (QED) is 0.0780. The molecule has 0 aliphatic heterocycles. The van der Waals surface area contributed by atoms with Gasteiger partial charge in [-0.3, -0.25) is 13.8 Å². The van der Waals surface area contributed by atoms with E-state index in [0.717, 1.165) is 5.56 Å². The number of benzene rings is 1. The van der Waals surface area contributed by atoms with Crippen LogP contribution >= 0.6 is 0 Å². The molecule has 0 atom stereocenters. The smallest absolute Gasteiger partial charge is 0.306 e. The molecule has 15 heteroatoms. The minimum absolute atomic E-state index is 0.0285. The highest BCUT2D eigenvalue weighted by Crippen LogP contribution is 2.13. The maximum absolute atomic E-state index is 12.0. The van der Waals surface area contributed by atoms with Crippen molar-refractivity contribution in [2.75, 3.05) is 92.5 Å². The number of aliphatic hydroxyl groups excluding tert-OH is 1. The molecule has 0 aromatic heterocycles. The summed E-state index contributed by atoms with van der Waals surface area (Å²) < 4.78 is 70.9. The molecule has 1 aromatic rings. The molecule has 14 nitrogen and oxygen atoms in total. The zero-order chi connectivity index (χ0) is 37.7. The second kappa shape index (κ2) is 28.4. The molecule has 0 spiro atoms. The average molecular weight is 739 g/mol. The molecule has 0 saturated heterocycles. The number of esters is 2. The van der Waals surface area contributed by atoms with E-state index in [1.165, 1.54) is 12.1 Å². The van der Waals surface area contributed by atoms with Crippen LogP contribution in [0.1, 0.15) is 72.8 Å². The summed E-state index contributed by atoms with van der Waals surface area (Å²) in [4.78, 5) is 23.0. The minimum Gasteiger partial charge on any atom is -0.460 e. The van der Waals surface area contributed by atoms with E-state index < -0.39 is 21.3 Å². The van der Waals surface area contributed by atoms with Gasteiger partial charge in [0, 0.05) is 26.1 Å². The Labute approximate surface area is 299 Å². The lowest BCUT2D eigenvalue weighted by atomic mass is 10.2. The molecule has 0 heterocycles. The highest BCUT2D eigenvalue weighted by Gasteiger charge is 2.17. The Morgan fingerprint density at radius 2 is 0.900 bits per heavy atom. The molecule has 0 amide bonds. The lowest BCUT2D eigenvalue weighted by molar-refractivity contribution is -0.156. The van der Waals surface area contributed by atoms with Gasteiger partial charge in [0.15, 0.2) is 0 Å². The lowest BCUT2D eigenvalue weighted by Gasteiger charge is -2.19. The fourth-order valence-corrected chi connectivity index (χ4v) is 4.44. The van der Waals surface area contributed by atoms with Crippen molar-refractivity contribution in [3.63, 3.8) is 0 Å². The number of aliphatic hydroxyl groups is 1. The third-order valence-corrected chi connectivity index (χ3v) is 7.01. The van der Waals surface area contributed by atoms with E-state index in [9.17, 15) is 18.0 Å². The van der Waals surface area contributed by atoms with Crippen LogP contribution in [0, 0.1) is 6.92 Å². The number of ether oxygens (including phenoxy) is 8. The Morgan fingerprint density at radius 1 is 0.560 bits per heavy atom. The van der Waals surface area contributed by atoms with Crippen LogP contribution in [-0.4, -0.2) is 129 Å². The van der Waals surface area contributed by atoms with Crippen LogP contribution < -0.4 is 0 Å². The SMILES string of the molecule is CC(C)(C)OC(=O)CCCOCCOCCOCCO.Cc1ccc(S(=O)(=O)OCCOCCOCCOCCCC(=O)OC(C)(C)C)cc1. The van der Waals surface area contributed by atoms with Gasteiger partial charge in [-0.05, 0) is 73.4 Å². The average Bonchev–Trinajstić information content (AvgIpc) is 3.01. The fraction of sp³-hybridized carbons (Fsp3) is 0.771. The first kappa shape index (κ1) is 47.8. The third kappa shape index (κ3) is 31.7. The van der Waals surface area contributed by atoms with Crippen LogP contribution in [-0.2, 0) is 61.8 Å². The summed E-state index contributed by atoms with van der Waals surface area (Å²) in [6.07, 6.45) is 1.94. The Kier molecular flexibility index (Phi) is 27.1. The predicted octanol–water partition coefficient (Wildman–Crippen LogP) is 4.02. The number of rotatable bonds is 27. The van der Waals surface area contributed by atoms with Gasteiger partial charge in [-0.25, -0.2) is 0 Å². The van der Waals surface area contributed by atoms with Crippen LogP contribution in [0.3, 0.4) is 0 Å². The zero-order valence-corrected chi connectivity index (χ0v) is 32.0. The van der Waals surface area contributed by atoms with E-state index in [-0.39, 0.29) is 36.7 Å². The van der Waals surface area contributed by atoms with Gasteiger partial charge in [0.2, 0.25) is 0 Å². The first-order chi connectivity index (χ1) is 23.6. The monoisotopic (exact) mass is 738 g/mol. The van der Waals surface area contributed by atoms with Crippen molar-refractivity contribution in [2.24, 2.45) is 0 Å². The molecule has 0 fully saturated rings. The van der Waals surface area contributed by atoms with Crippen LogP contribution in [0.5, 0.6) is 0 Å². The van der Waals surface area contributed by atoms with Gasteiger partial charge in [0.25, 0.3) is 10.1 Å². The summed E-state index contributed by atoms with van der Waals surface area (Å²) >= 11 is 0. The van der Waals surface area contributed by atoms with Gasteiger partial charge >= 0.3 is 11.9 Å². The van der Waals surface area contributed by atoms with E-state index in [1.807, 2.05) is 48.5 Å². The molecule has 0 saturated carbocycles. The summed E-state index contributed by atoms with van der Waals surface area (Å²) in [6.45, 7) is 17.9. The highest BCUT2D eigenvalue weighted by molar-refractivity contribution is 7.86. The lowest BCUT2D eigenvalue weighted by Crippen LogP contribution is -2.23. The second-order valence-corrected chi connectivity index (χ2v) is 14.5. The van der Waals surface area contributed by atoms with E-state index in [1.54, 1.807) is 12.1 Å².